The lowest BCUT2D eigenvalue weighted by atomic mass is 9.74. The largest absolute Gasteiger partial charge is 0.324 e. The van der Waals surface area contributed by atoms with Crippen molar-refractivity contribution in [3.63, 3.8) is 0 Å². The smallest absolute Gasteiger partial charge is 0.227 e. The first-order valence-corrected chi connectivity index (χ1v) is 6.43. The highest BCUT2D eigenvalue weighted by atomic mass is 16.2. The average molecular weight is 275 g/mol. The maximum Gasteiger partial charge on any atom is 0.227 e. The number of hydrogen-bond acceptors (Lipinski definition) is 4. The van der Waals surface area contributed by atoms with Crippen LogP contribution in [0.5, 0.6) is 0 Å². The van der Waals surface area contributed by atoms with E-state index in [2.05, 4.69) is 22.2 Å². The molecule has 6 heteroatoms. The minimum Gasteiger partial charge on any atom is -0.324 e. The summed E-state index contributed by atoms with van der Waals surface area (Å²) < 4.78 is 0. The summed E-state index contributed by atoms with van der Waals surface area (Å²) in [5.74, 6) is -0.838. The predicted molar refractivity (Wildman–Crippen MR) is 73.6 cm³/mol. The number of hydrogen-bond donors (Lipinski definition) is 2. The minimum absolute atomic E-state index is 0.0233. The van der Waals surface area contributed by atoms with E-state index in [4.69, 9.17) is 0 Å². The molecule has 0 aromatic rings. The van der Waals surface area contributed by atoms with Gasteiger partial charge in [-0.25, -0.2) is 4.99 Å². The first kappa shape index (κ1) is 14.2. The first-order valence-electron chi connectivity index (χ1n) is 6.43. The highest BCUT2D eigenvalue weighted by Gasteiger charge is 2.42. The fraction of sp³-hybridized carbons (Fsp3) is 0.429. The third kappa shape index (κ3) is 2.29. The van der Waals surface area contributed by atoms with E-state index in [1.807, 2.05) is 13.8 Å². The van der Waals surface area contributed by atoms with Crippen molar-refractivity contribution in [2.75, 3.05) is 0 Å². The highest BCUT2D eigenvalue weighted by Crippen LogP contribution is 2.39. The third-order valence-electron chi connectivity index (χ3n) is 3.35. The standard InChI is InChI=1S/C14H17N3O3/c1-5-8(18)17-13-12(20)10-11(7(2)15-13)16-9(19)6-14(10,3)4/h2,5-6H2,1,3-4H3,(H,16,19)(H,15,17,18). The monoisotopic (exact) mass is 275 g/mol. The van der Waals surface area contributed by atoms with Crippen LogP contribution in [0.15, 0.2) is 28.5 Å². The highest BCUT2D eigenvalue weighted by molar-refractivity contribution is 6.48. The molecule has 2 aliphatic heterocycles. The van der Waals surface area contributed by atoms with E-state index in [9.17, 15) is 14.4 Å². The molecule has 0 bridgehead atoms. The van der Waals surface area contributed by atoms with Crippen molar-refractivity contribution in [1.82, 2.24) is 10.6 Å². The molecule has 2 N–H and O–H groups in total. The second-order valence-electron chi connectivity index (χ2n) is 5.50. The molecular formula is C14H17N3O3. The van der Waals surface area contributed by atoms with Crippen molar-refractivity contribution in [2.24, 2.45) is 10.4 Å². The molecule has 0 aromatic heterocycles. The summed E-state index contributed by atoms with van der Waals surface area (Å²) in [7, 11) is 0. The summed E-state index contributed by atoms with van der Waals surface area (Å²) in [6.45, 7) is 9.07. The molecule has 0 aliphatic carbocycles. The summed E-state index contributed by atoms with van der Waals surface area (Å²) in [4.78, 5) is 39.6. The van der Waals surface area contributed by atoms with Gasteiger partial charge in [0.25, 0.3) is 0 Å². The molecule has 2 heterocycles. The average Bonchev–Trinajstić information content (AvgIpc) is 2.33. The Kier molecular flexibility index (Phi) is 3.33. The van der Waals surface area contributed by atoms with Gasteiger partial charge in [0.15, 0.2) is 5.84 Å². The van der Waals surface area contributed by atoms with E-state index in [0.717, 1.165) is 0 Å². The number of carbonyl (C=O) groups excluding carboxylic acids is 3. The van der Waals surface area contributed by atoms with Crippen LogP contribution in [0.25, 0.3) is 0 Å². The van der Waals surface area contributed by atoms with Crippen LogP contribution in [0.4, 0.5) is 0 Å². The number of nitrogens with one attached hydrogen (secondary N) is 2. The number of rotatable bonds is 1. The molecule has 106 valence electrons. The second kappa shape index (κ2) is 4.70. The van der Waals surface area contributed by atoms with Gasteiger partial charge in [-0.2, -0.15) is 0 Å². The molecule has 6 nitrogen and oxygen atoms in total. The van der Waals surface area contributed by atoms with E-state index in [-0.39, 0.29) is 42.0 Å². The van der Waals surface area contributed by atoms with E-state index in [1.165, 1.54) is 0 Å². The van der Waals surface area contributed by atoms with E-state index >= 15 is 0 Å². The van der Waals surface area contributed by atoms with Crippen LogP contribution in [0.2, 0.25) is 0 Å². The van der Waals surface area contributed by atoms with E-state index < -0.39 is 5.41 Å². The van der Waals surface area contributed by atoms with E-state index in [1.54, 1.807) is 6.92 Å². The summed E-state index contributed by atoms with van der Waals surface area (Å²) >= 11 is 0. The Morgan fingerprint density at radius 3 is 2.70 bits per heavy atom. The van der Waals surface area contributed by atoms with Crippen molar-refractivity contribution in [2.45, 2.75) is 33.6 Å². The van der Waals surface area contributed by atoms with Gasteiger partial charge in [0.2, 0.25) is 17.6 Å². The normalized spacial score (nSPS) is 21.1. The SMILES string of the molecule is C=C1N=C(NC(=O)CC)C(=O)C2=C1NC(=O)CC2(C)C. The van der Waals surface area contributed by atoms with Crippen molar-refractivity contribution in [3.05, 3.63) is 23.5 Å². The van der Waals surface area contributed by atoms with Crippen LogP contribution >= 0.6 is 0 Å². The number of amides is 2. The minimum atomic E-state index is -0.615. The van der Waals surface area contributed by atoms with Crippen LogP contribution in [0.3, 0.4) is 0 Å². The topological polar surface area (TPSA) is 87.6 Å². The molecule has 2 aliphatic rings. The molecule has 0 unspecified atom stereocenters. The Balaban J connectivity index is 2.43. The predicted octanol–water partition coefficient (Wildman–Crippen LogP) is 0.808. The van der Waals surface area contributed by atoms with Crippen LogP contribution in [0.1, 0.15) is 33.6 Å². The maximum absolute atomic E-state index is 12.5. The fourth-order valence-corrected chi connectivity index (χ4v) is 2.38. The van der Waals surface area contributed by atoms with Gasteiger partial charge in [0, 0.05) is 23.8 Å². The number of dihydropyridines is 1. The lowest BCUT2D eigenvalue weighted by molar-refractivity contribution is -0.123. The summed E-state index contributed by atoms with van der Waals surface area (Å²) in [6, 6.07) is 0. The van der Waals surface area contributed by atoms with Crippen LogP contribution in [-0.2, 0) is 14.4 Å². The van der Waals surface area contributed by atoms with Gasteiger partial charge in [0.1, 0.15) is 0 Å². The maximum atomic E-state index is 12.5. The summed E-state index contributed by atoms with van der Waals surface area (Å²) in [6.07, 6.45) is 0.463. The molecule has 0 saturated carbocycles. The van der Waals surface area contributed by atoms with Gasteiger partial charge >= 0.3 is 0 Å². The second-order valence-corrected chi connectivity index (χ2v) is 5.50. The number of aliphatic imine (C=N–C) groups is 1. The van der Waals surface area contributed by atoms with Gasteiger partial charge in [-0.3, -0.25) is 14.4 Å². The number of Topliss-reactive ketones (excluding diaryl/α,β-unsaturated/α-hetero) is 1. The van der Waals surface area contributed by atoms with Crippen molar-refractivity contribution in [3.8, 4) is 0 Å². The Morgan fingerprint density at radius 2 is 2.10 bits per heavy atom. The molecule has 0 fully saturated rings. The molecular weight excluding hydrogens is 258 g/mol. The summed E-state index contributed by atoms with van der Waals surface area (Å²) in [5.41, 5.74) is 0.483. The molecule has 0 aromatic carbocycles. The lowest BCUT2D eigenvalue weighted by Crippen LogP contribution is -2.47. The van der Waals surface area contributed by atoms with Gasteiger partial charge in [-0.15, -0.1) is 0 Å². The van der Waals surface area contributed by atoms with Crippen LogP contribution < -0.4 is 10.6 Å². The molecule has 0 spiro atoms. The third-order valence-corrected chi connectivity index (χ3v) is 3.35. The molecule has 0 radical (unpaired) electrons. The van der Waals surface area contributed by atoms with Crippen LogP contribution in [0, 0.1) is 5.41 Å². The summed E-state index contributed by atoms with van der Waals surface area (Å²) in [5, 5.41) is 5.13. The Labute approximate surface area is 117 Å². The van der Waals surface area contributed by atoms with Crippen molar-refractivity contribution in [1.29, 1.82) is 0 Å². The van der Waals surface area contributed by atoms with Gasteiger partial charge in [0.05, 0.1) is 11.4 Å². The number of ketones is 1. The Bertz CT molecular complexity index is 597. The van der Waals surface area contributed by atoms with Gasteiger partial charge < -0.3 is 10.6 Å². The molecule has 2 amide bonds. The number of carbonyl (C=O) groups is 3. The van der Waals surface area contributed by atoms with E-state index in [0.29, 0.717) is 11.3 Å². The quantitative estimate of drug-likeness (QED) is 0.742. The first-order chi connectivity index (χ1) is 9.26. The fourth-order valence-electron chi connectivity index (χ4n) is 2.38. The van der Waals surface area contributed by atoms with Crippen molar-refractivity contribution < 1.29 is 14.4 Å². The van der Waals surface area contributed by atoms with Crippen molar-refractivity contribution >= 4 is 23.4 Å². The lowest BCUT2D eigenvalue weighted by Gasteiger charge is -2.35. The molecule has 2 rings (SSSR count). The number of amidine groups is 1. The Hall–Kier alpha value is -2.24. The number of nitrogens with zero attached hydrogens (tertiary/aromatic N) is 1. The zero-order valence-electron chi connectivity index (χ0n) is 11.8. The van der Waals surface area contributed by atoms with Gasteiger partial charge in [-0.05, 0) is 0 Å². The molecule has 0 saturated heterocycles. The van der Waals surface area contributed by atoms with Crippen LogP contribution in [-0.4, -0.2) is 23.4 Å². The zero-order valence-corrected chi connectivity index (χ0v) is 11.8. The Morgan fingerprint density at radius 1 is 1.45 bits per heavy atom. The molecule has 20 heavy (non-hydrogen) atoms. The van der Waals surface area contributed by atoms with Gasteiger partial charge in [-0.1, -0.05) is 27.4 Å². The zero-order chi connectivity index (χ0) is 15.1. The molecule has 0 atom stereocenters.